The van der Waals surface area contributed by atoms with Crippen molar-refractivity contribution in [3.8, 4) is 11.5 Å². The Morgan fingerprint density at radius 3 is 2.59 bits per heavy atom. The van der Waals surface area contributed by atoms with Gasteiger partial charge >= 0.3 is 0 Å². The van der Waals surface area contributed by atoms with Gasteiger partial charge in [0, 0.05) is 36.9 Å². The van der Waals surface area contributed by atoms with Crippen LogP contribution in [0.4, 0.5) is 5.82 Å². The van der Waals surface area contributed by atoms with Crippen molar-refractivity contribution in [2.24, 2.45) is 4.99 Å². The Morgan fingerprint density at radius 1 is 1.09 bits per heavy atom. The SMILES string of the molecule is CCNC(=NCc1coc(-c2ccccc2)n1)NC1CCN(c2cccc(C)n2)CC1.I. The van der Waals surface area contributed by atoms with Gasteiger partial charge in [-0.05, 0) is 51.0 Å². The molecular formula is C24H31IN6O. The number of benzene rings is 1. The minimum absolute atomic E-state index is 0. The van der Waals surface area contributed by atoms with Gasteiger partial charge in [0.25, 0.3) is 0 Å². The molecule has 0 bridgehead atoms. The van der Waals surface area contributed by atoms with Gasteiger partial charge in [0.1, 0.15) is 17.8 Å². The van der Waals surface area contributed by atoms with Gasteiger partial charge in [0.15, 0.2) is 5.96 Å². The minimum atomic E-state index is 0. The number of anilines is 1. The van der Waals surface area contributed by atoms with Gasteiger partial charge in [-0.3, -0.25) is 0 Å². The maximum absolute atomic E-state index is 5.62. The molecule has 170 valence electrons. The zero-order valence-electron chi connectivity index (χ0n) is 18.6. The normalized spacial score (nSPS) is 14.7. The van der Waals surface area contributed by atoms with Gasteiger partial charge in [0.2, 0.25) is 5.89 Å². The molecule has 1 saturated heterocycles. The number of hydrogen-bond donors (Lipinski definition) is 2. The van der Waals surface area contributed by atoms with Crippen molar-refractivity contribution < 1.29 is 4.42 Å². The van der Waals surface area contributed by atoms with Crippen molar-refractivity contribution in [1.29, 1.82) is 0 Å². The lowest BCUT2D eigenvalue weighted by Gasteiger charge is -2.34. The number of rotatable bonds is 6. The van der Waals surface area contributed by atoms with Crippen LogP contribution in [0.3, 0.4) is 0 Å². The fourth-order valence-electron chi connectivity index (χ4n) is 3.72. The average Bonchev–Trinajstić information content (AvgIpc) is 3.28. The highest BCUT2D eigenvalue weighted by molar-refractivity contribution is 14.0. The van der Waals surface area contributed by atoms with Crippen LogP contribution < -0.4 is 15.5 Å². The molecule has 32 heavy (non-hydrogen) atoms. The zero-order chi connectivity index (χ0) is 21.5. The summed E-state index contributed by atoms with van der Waals surface area (Å²) < 4.78 is 5.62. The monoisotopic (exact) mass is 546 g/mol. The van der Waals surface area contributed by atoms with Crippen LogP contribution in [0.1, 0.15) is 31.2 Å². The van der Waals surface area contributed by atoms with Crippen LogP contribution in [0.5, 0.6) is 0 Å². The molecular weight excluding hydrogens is 515 g/mol. The molecule has 2 aromatic heterocycles. The predicted octanol–water partition coefficient (Wildman–Crippen LogP) is 4.39. The number of nitrogens with one attached hydrogen (secondary N) is 2. The highest BCUT2D eigenvalue weighted by Crippen LogP contribution is 2.19. The number of pyridine rings is 1. The molecule has 0 radical (unpaired) electrons. The Hall–Kier alpha value is -2.62. The summed E-state index contributed by atoms with van der Waals surface area (Å²) in [6.07, 6.45) is 3.77. The fraction of sp³-hybridized carbons (Fsp3) is 0.375. The topological polar surface area (TPSA) is 78.6 Å². The lowest BCUT2D eigenvalue weighted by Crippen LogP contribution is -2.48. The summed E-state index contributed by atoms with van der Waals surface area (Å²) in [5.74, 6) is 2.51. The van der Waals surface area contributed by atoms with Crippen LogP contribution in [0, 0.1) is 6.92 Å². The molecule has 0 aliphatic carbocycles. The second-order valence-corrected chi connectivity index (χ2v) is 7.75. The zero-order valence-corrected chi connectivity index (χ0v) is 21.0. The summed E-state index contributed by atoms with van der Waals surface area (Å²) in [6.45, 7) is 7.36. The predicted molar refractivity (Wildman–Crippen MR) is 140 cm³/mol. The van der Waals surface area contributed by atoms with E-state index in [1.54, 1.807) is 6.26 Å². The van der Waals surface area contributed by atoms with Gasteiger partial charge in [-0.2, -0.15) is 0 Å². The van der Waals surface area contributed by atoms with Crippen molar-refractivity contribution in [3.05, 3.63) is 66.2 Å². The smallest absolute Gasteiger partial charge is 0.226 e. The van der Waals surface area contributed by atoms with Crippen molar-refractivity contribution in [2.75, 3.05) is 24.5 Å². The Bertz CT molecular complexity index is 998. The summed E-state index contributed by atoms with van der Waals surface area (Å²) in [6, 6.07) is 16.5. The van der Waals surface area contributed by atoms with Crippen molar-refractivity contribution in [3.63, 3.8) is 0 Å². The number of aryl methyl sites for hydroxylation is 1. The average molecular weight is 546 g/mol. The van der Waals surface area contributed by atoms with Crippen LogP contribution in [0.2, 0.25) is 0 Å². The largest absolute Gasteiger partial charge is 0.444 e. The third-order valence-electron chi connectivity index (χ3n) is 5.35. The maximum atomic E-state index is 5.62. The molecule has 2 N–H and O–H groups in total. The van der Waals surface area contributed by atoms with Gasteiger partial charge < -0.3 is 20.0 Å². The van der Waals surface area contributed by atoms with Gasteiger partial charge in [-0.15, -0.1) is 24.0 Å². The molecule has 3 aromatic rings. The number of aliphatic imine (C=N–C) groups is 1. The number of oxazole rings is 1. The number of hydrogen-bond acceptors (Lipinski definition) is 5. The van der Waals surface area contributed by atoms with E-state index in [2.05, 4.69) is 44.6 Å². The summed E-state index contributed by atoms with van der Waals surface area (Å²) in [5.41, 5.74) is 2.84. The van der Waals surface area contributed by atoms with Crippen molar-refractivity contribution >= 4 is 35.8 Å². The van der Waals surface area contributed by atoms with Crippen LogP contribution in [-0.4, -0.2) is 41.6 Å². The first-order chi connectivity index (χ1) is 15.2. The number of piperidine rings is 1. The maximum Gasteiger partial charge on any atom is 0.226 e. The summed E-state index contributed by atoms with van der Waals surface area (Å²) in [7, 11) is 0. The van der Waals surface area contributed by atoms with Crippen LogP contribution >= 0.6 is 24.0 Å². The molecule has 1 aliphatic heterocycles. The molecule has 1 fully saturated rings. The first-order valence-corrected chi connectivity index (χ1v) is 10.9. The van der Waals surface area contributed by atoms with E-state index in [-0.39, 0.29) is 24.0 Å². The number of nitrogens with zero attached hydrogens (tertiary/aromatic N) is 4. The van der Waals surface area contributed by atoms with Gasteiger partial charge in [-0.1, -0.05) is 24.3 Å². The van der Waals surface area contributed by atoms with Crippen LogP contribution in [0.25, 0.3) is 11.5 Å². The molecule has 4 rings (SSSR count). The number of guanidine groups is 1. The molecule has 0 spiro atoms. The van der Waals surface area contributed by atoms with E-state index in [9.17, 15) is 0 Å². The fourth-order valence-corrected chi connectivity index (χ4v) is 3.72. The van der Waals surface area contributed by atoms with E-state index in [4.69, 9.17) is 9.41 Å². The Balaban J connectivity index is 0.00000289. The quantitative estimate of drug-likeness (QED) is 0.272. The molecule has 0 amide bonds. The van der Waals surface area contributed by atoms with E-state index in [0.717, 1.165) is 61.2 Å². The van der Waals surface area contributed by atoms with Crippen LogP contribution in [-0.2, 0) is 6.54 Å². The molecule has 1 aliphatic rings. The Morgan fingerprint density at radius 2 is 1.88 bits per heavy atom. The van der Waals surface area contributed by atoms with Gasteiger partial charge in [-0.25, -0.2) is 15.0 Å². The highest BCUT2D eigenvalue weighted by Gasteiger charge is 2.21. The van der Waals surface area contributed by atoms with E-state index in [0.29, 0.717) is 18.5 Å². The minimum Gasteiger partial charge on any atom is -0.444 e. The third kappa shape index (κ3) is 6.44. The highest BCUT2D eigenvalue weighted by atomic mass is 127. The summed E-state index contributed by atoms with van der Waals surface area (Å²) in [5, 5.41) is 6.93. The van der Waals surface area contributed by atoms with E-state index in [1.807, 2.05) is 43.3 Å². The van der Waals surface area contributed by atoms with E-state index in [1.165, 1.54) is 0 Å². The first kappa shape index (κ1) is 24.0. The van der Waals surface area contributed by atoms with E-state index >= 15 is 0 Å². The van der Waals surface area contributed by atoms with Crippen LogP contribution in [0.15, 0.2) is 64.2 Å². The first-order valence-electron chi connectivity index (χ1n) is 10.9. The van der Waals surface area contributed by atoms with Crippen molar-refractivity contribution in [2.45, 2.75) is 39.3 Å². The molecule has 0 saturated carbocycles. The molecule has 8 heteroatoms. The molecule has 0 unspecified atom stereocenters. The second kappa shape index (κ2) is 11.8. The molecule has 7 nitrogen and oxygen atoms in total. The molecule has 3 heterocycles. The lowest BCUT2D eigenvalue weighted by molar-refractivity contribution is 0.459. The second-order valence-electron chi connectivity index (χ2n) is 7.75. The van der Waals surface area contributed by atoms with Crippen molar-refractivity contribution in [1.82, 2.24) is 20.6 Å². The van der Waals surface area contributed by atoms with E-state index < -0.39 is 0 Å². The number of halogens is 1. The lowest BCUT2D eigenvalue weighted by atomic mass is 10.1. The van der Waals surface area contributed by atoms with Gasteiger partial charge in [0.05, 0.1) is 6.54 Å². The summed E-state index contributed by atoms with van der Waals surface area (Å²) in [4.78, 5) is 16.3. The standard InChI is InChI=1S/C24H30N6O.HI/c1-3-25-24(26-16-21-17-31-23(28-21)19-9-5-4-6-10-19)29-20-12-14-30(15-13-20)22-11-7-8-18(2)27-22;/h4-11,17,20H,3,12-16H2,1-2H3,(H2,25,26,29);1H. The summed E-state index contributed by atoms with van der Waals surface area (Å²) >= 11 is 0. The molecule has 1 aromatic carbocycles. The third-order valence-corrected chi connectivity index (χ3v) is 5.35. The Kier molecular flexibility index (Phi) is 8.90. The Labute approximate surface area is 206 Å². The molecule has 0 atom stereocenters. The number of aromatic nitrogens is 2.